The highest BCUT2D eigenvalue weighted by Crippen LogP contribution is 2.57. The van der Waals surface area contributed by atoms with Crippen LogP contribution in [0.3, 0.4) is 0 Å². The number of likely N-dealkylation sites (tertiary alicyclic amines) is 2. The fourth-order valence-corrected chi connectivity index (χ4v) is 10.8. The number of amides is 3. The van der Waals surface area contributed by atoms with Crippen molar-refractivity contribution in [1.82, 2.24) is 40.4 Å². The van der Waals surface area contributed by atoms with Gasteiger partial charge in [0, 0.05) is 13.1 Å². The van der Waals surface area contributed by atoms with Crippen LogP contribution in [0.15, 0.2) is 61.0 Å². The zero-order valence-electron chi connectivity index (χ0n) is 36.9. The highest BCUT2D eigenvalue weighted by atomic mass is 16.5. The molecule has 3 fully saturated rings. The van der Waals surface area contributed by atoms with Crippen LogP contribution in [-0.2, 0) is 30.9 Å². The van der Waals surface area contributed by atoms with Gasteiger partial charge in [0.15, 0.2) is 5.88 Å². The van der Waals surface area contributed by atoms with Crippen molar-refractivity contribution in [3.63, 3.8) is 0 Å². The van der Waals surface area contributed by atoms with Crippen molar-refractivity contribution in [2.75, 3.05) is 27.3 Å². The minimum Gasteiger partial charge on any atom is -0.483 e. The molecule has 326 valence electrons. The topological polar surface area (TPSA) is 158 Å². The number of imidazole rings is 2. The first-order chi connectivity index (χ1) is 29.9. The van der Waals surface area contributed by atoms with E-state index >= 15 is 0 Å². The second kappa shape index (κ2) is 16.4. The van der Waals surface area contributed by atoms with E-state index in [2.05, 4.69) is 75.7 Å². The van der Waals surface area contributed by atoms with E-state index in [9.17, 15) is 14.4 Å². The molecule has 0 bridgehead atoms. The highest BCUT2D eigenvalue weighted by Gasteiger charge is 2.46. The Morgan fingerprint density at radius 3 is 1.76 bits per heavy atom. The van der Waals surface area contributed by atoms with Crippen LogP contribution in [0.4, 0.5) is 4.79 Å². The van der Waals surface area contributed by atoms with E-state index in [4.69, 9.17) is 19.4 Å². The van der Waals surface area contributed by atoms with Crippen molar-refractivity contribution in [3.8, 4) is 22.3 Å². The van der Waals surface area contributed by atoms with E-state index in [1.165, 1.54) is 54.2 Å². The van der Waals surface area contributed by atoms with Crippen LogP contribution in [0.25, 0.3) is 44.3 Å². The normalized spacial score (nSPS) is 20.2. The number of fused-ring (bicyclic) bond motifs is 4. The Bertz CT molecular complexity index is 2550. The number of alkyl carbamates (subject to hydrolysis) is 1. The summed E-state index contributed by atoms with van der Waals surface area (Å²) in [5.74, 6) is 1.85. The second-order valence-corrected chi connectivity index (χ2v) is 18.6. The quantitative estimate of drug-likeness (QED) is 0.0911. The molecule has 9 rings (SSSR count). The molecule has 13 nitrogen and oxygen atoms in total. The van der Waals surface area contributed by atoms with Crippen molar-refractivity contribution in [2.24, 2.45) is 11.8 Å². The molecule has 4 N–H and O–H groups in total. The minimum absolute atomic E-state index is 0.0353. The predicted molar refractivity (Wildman–Crippen MR) is 240 cm³/mol. The molecule has 1 saturated carbocycles. The summed E-state index contributed by atoms with van der Waals surface area (Å²) in [7, 11) is 2.87. The molecule has 3 amide bonds. The number of ether oxygens (including phenoxy) is 2. The number of hydrogen-bond acceptors (Lipinski definition) is 8. The Morgan fingerprint density at radius 2 is 1.26 bits per heavy atom. The molecule has 2 aliphatic heterocycles. The number of nitrogens with zero attached hydrogens (tertiary/aromatic N) is 4. The Hall–Kier alpha value is -5.85. The van der Waals surface area contributed by atoms with Crippen LogP contribution >= 0.6 is 0 Å². The lowest BCUT2D eigenvalue weighted by molar-refractivity contribution is -0.136. The molecular weight excluding hydrogens is 781 g/mol. The van der Waals surface area contributed by atoms with E-state index in [1.807, 2.05) is 37.5 Å². The first-order valence-electron chi connectivity index (χ1n) is 22.5. The lowest BCUT2D eigenvalue weighted by Gasteiger charge is -2.41. The van der Waals surface area contributed by atoms with Gasteiger partial charge in [-0.15, -0.1) is 0 Å². The number of aromatic amines is 2. The van der Waals surface area contributed by atoms with Gasteiger partial charge in [0.2, 0.25) is 11.8 Å². The standard InChI is InChI=1S/C49H60N8O5/c1-27(2)42(50-29(5)61-6)46(58)56-23-8-11-39(56)44-51-35-17-13-30(25-37(35)53-44)32-15-16-33(41-34(32)19-22-49(41)20-10-21-49)31-14-18-36-38(26-31)54-45(52-36)40-12-9-24-57(40)47(59)43(28(3)4)55-48(60)62-7/h13-18,25-28,39-40,42-43,50H,5,8-12,19-24H2,1-4,6-7H3,(H,51,53)(H,52,54)(H,55,60)/t39-,40-,42-,43-/m0/s1. The van der Waals surface area contributed by atoms with Gasteiger partial charge in [-0.3, -0.25) is 9.59 Å². The van der Waals surface area contributed by atoms with Crippen LogP contribution in [0.1, 0.15) is 114 Å². The van der Waals surface area contributed by atoms with Gasteiger partial charge in [-0.25, -0.2) is 14.8 Å². The lowest BCUT2D eigenvalue weighted by Crippen LogP contribution is -2.51. The third-order valence-corrected chi connectivity index (χ3v) is 14.2. The smallest absolute Gasteiger partial charge is 0.407 e. The average molecular weight is 841 g/mol. The largest absolute Gasteiger partial charge is 0.483 e. The summed E-state index contributed by atoms with van der Waals surface area (Å²) in [6.07, 6.45) is 8.66. The molecule has 4 atom stereocenters. The fraction of sp³-hybridized carbons (Fsp3) is 0.490. The molecule has 5 aromatic rings. The Balaban J connectivity index is 1.01. The van der Waals surface area contributed by atoms with Crippen molar-refractivity contribution in [1.29, 1.82) is 0 Å². The van der Waals surface area contributed by atoms with Crippen molar-refractivity contribution >= 4 is 40.0 Å². The number of benzene rings is 3. The van der Waals surface area contributed by atoms with Crippen LogP contribution in [-0.4, -0.2) is 87.0 Å². The molecule has 62 heavy (non-hydrogen) atoms. The van der Waals surface area contributed by atoms with Gasteiger partial charge in [-0.05, 0) is 133 Å². The van der Waals surface area contributed by atoms with Gasteiger partial charge in [0.1, 0.15) is 23.7 Å². The molecule has 4 heterocycles. The van der Waals surface area contributed by atoms with E-state index in [0.29, 0.717) is 19.0 Å². The number of aromatic nitrogens is 4. The third kappa shape index (κ3) is 7.26. The molecular formula is C49H60N8O5. The van der Waals surface area contributed by atoms with Crippen LogP contribution < -0.4 is 10.6 Å². The number of methoxy groups -OCH3 is 2. The average Bonchev–Trinajstić information content (AvgIpc) is 4.11. The summed E-state index contributed by atoms with van der Waals surface area (Å²) in [4.78, 5) is 61.0. The minimum atomic E-state index is -0.685. The Kier molecular flexibility index (Phi) is 11.0. The molecule has 4 aliphatic rings. The number of carbonyl (C=O) groups is 3. The summed E-state index contributed by atoms with van der Waals surface area (Å²) >= 11 is 0. The summed E-state index contributed by atoms with van der Waals surface area (Å²) in [5, 5.41) is 5.93. The molecule has 3 aromatic carbocycles. The molecule has 2 saturated heterocycles. The van der Waals surface area contributed by atoms with Crippen molar-refractivity contribution in [2.45, 2.75) is 115 Å². The zero-order valence-corrected chi connectivity index (χ0v) is 36.9. The zero-order chi connectivity index (χ0) is 43.4. The van der Waals surface area contributed by atoms with Gasteiger partial charge < -0.3 is 39.9 Å². The first-order valence-corrected chi connectivity index (χ1v) is 22.5. The maximum Gasteiger partial charge on any atom is 0.407 e. The van der Waals surface area contributed by atoms with Gasteiger partial charge in [0.05, 0.1) is 48.4 Å². The molecule has 0 unspecified atom stereocenters. The Labute approximate surface area is 363 Å². The van der Waals surface area contributed by atoms with Crippen LogP contribution in [0, 0.1) is 11.8 Å². The van der Waals surface area contributed by atoms with Gasteiger partial charge in [0.25, 0.3) is 0 Å². The molecule has 2 aliphatic carbocycles. The van der Waals surface area contributed by atoms with Crippen molar-refractivity contribution in [3.05, 3.63) is 83.8 Å². The summed E-state index contributed by atoms with van der Waals surface area (Å²) in [6, 6.07) is 16.2. The molecule has 0 radical (unpaired) electrons. The number of carbonyl (C=O) groups excluding carboxylic acids is 3. The van der Waals surface area contributed by atoms with Gasteiger partial charge in [-0.2, -0.15) is 0 Å². The monoisotopic (exact) mass is 840 g/mol. The van der Waals surface area contributed by atoms with Crippen LogP contribution in [0.5, 0.6) is 0 Å². The SMILES string of the molecule is C=C(N[C@H](C(=O)N1CCC[C@H]1c1nc2ccc(-c3ccc(-c4ccc5nc([C@@H]6CCCN6C(=O)[C@@H](NC(=O)OC)C(C)C)[nH]c5c4)c4c3CCC43CCC3)cc2[nH]1)C(C)C)OC. The molecule has 2 aromatic heterocycles. The van der Waals surface area contributed by atoms with Gasteiger partial charge >= 0.3 is 6.09 Å². The second-order valence-electron chi connectivity index (χ2n) is 18.6. The summed E-state index contributed by atoms with van der Waals surface area (Å²) in [5.41, 5.74) is 11.7. The molecule has 13 heteroatoms. The number of H-pyrrole nitrogens is 2. The maximum atomic E-state index is 13.9. The summed E-state index contributed by atoms with van der Waals surface area (Å²) < 4.78 is 10.1. The van der Waals surface area contributed by atoms with E-state index < -0.39 is 18.2 Å². The van der Waals surface area contributed by atoms with E-state index in [-0.39, 0.29) is 41.1 Å². The lowest BCUT2D eigenvalue weighted by atomic mass is 9.63. The summed E-state index contributed by atoms with van der Waals surface area (Å²) in [6.45, 7) is 13.1. The number of rotatable bonds is 12. The van der Waals surface area contributed by atoms with E-state index in [1.54, 1.807) is 7.11 Å². The molecule has 1 spiro atoms. The maximum absolute atomic E-state index is 13.9. The fourth-order valence-electron chi connectivity index (χ4n) is 10.8. The van der Waals surface area contributed by atoms with Crippen molar-refractivity contribution < 1.29 is 23.9 Å². The highest BCUT2D eigenvalue weighted by molar-refractivity contribution is 5.89. The Morgan fingerprint density at radius 1 is 0.726 bits per heavy atom. The van der Waals surface area contributed by atoms with Gasteiger partial charge in [-0.1, -0.05) is 58.4 Å². The number of nitrogens with one attached hydrogen (secondary N) is 4. The number of hydrogen-bond donors (Lipinski definition) is 4. The van der Waals surface area contributed by atoms with Crippen LogP contribution in [0.2, 0.25) is 0 Å². The first kappa shape index (κ1) is 41.5. The van der Waals surface area contributed by atoms with E-state index in [0.717, 1.165) is 77.8 Å². The third-order valence-electron chi connectivity index (χ3n) is 14.2. The predicted octanol–water partition coefficient (Wildman–Crippen LogP) is 8.58.